The van der Waals surface area contributed by atoms with Gasteiger partial charge >= 0.3 is 5.97 Å². The lowest BCUT2D eigenvalue weighted by Crippen LogP contribution is -2.40. The molecule has 1 aliphatic heterocycles. The van der Waals surface area contributed by atoms with Crippen molar-refractivity contribution in [2.75, 3.05) is 13.1 Å². The Bertz CT molecular complexity index is 649. The van der Waals surface area contributed by atoms with Gasteiger partial charge in [-0.15, -0.1) is 0 Å². The van der Waals surface area contributed by atoms with Gasteiger partial charge in [-0.05, 0) is 12.8 Å². The van der Waals surface area contributed by atoms with Gasteiger partial charge in [0.25, 0.3) is 5.91 Å². The molecule has 2 aromatic heterocycles. The van der Waals surface area contributed by atoms with Crippen molar-refractivity contribution >= 4 is 11.9 Å². The van der Waals surface area contributed by atoms with Crippen molar-refractivity contribution in [1.29, 1.82) is 0 Å². The summed E-state index contributed by atoms with van der Waals surface area (Å²) in [4.78, 5) is 28.7. The van der Waals surface area contributed by atoms with Crippen LogP contribution in [0.5, 0.6) is 0 Å². The monoisotopic (exact) mass is 290 g/mol. The number of likely N-dealkylation sites (tertiary alicyclic amines) is 1. The molecule has 0 spiro atoms. The first-order valence-corrected chi connectivity index (χ1v) is 6.60. The van der Waals surface area contributed by atoms with Crippen molar-refractivity contribution in [3.05, 3.63) is 36.3 Å². The Balaban J connectivity index is 1.73. The zero-order valence-electron chi connectivity index (χ0n) is 11.2. The van der Waals surface area contributed by atoms with Crippen LogP contribution < -0.4 is 0 Å². The molecule has 1 saturated heterocycles. The van der Waals surface area contributed by atoms with Gasteiger partial charge in [-0.25, -0.2) is 14.5 Å². The molecule has 3 rings (SSSR count). The minimum absolute atomic E-state index is 0.0248. The summed E-state index contributed by atoms with van der Waals surface area (Å²) in [5, 5.41) is 13.0. The zero-order valence-corrected chi connectivity index (χ0v) is 11.2. The molecule has 0 saturated carbocycles. The fourth-order valence-electron chi connectivity index (χ4n) is 2.48. The van der Waals surface area contributed by atoms with Crippen molar-refractivity contribution in [3.8, 4) is 0 Å². The van der Waals surface area contributed by atoms with Crippen molar-refractivity contribution in [1.82, 2.24) is 19.7 Å². The van der Waals surface area contributed by atoms with Crippen molar-refractivity contribution in [2.45, 2.75) is 18.9 Å². The van der Waals surface area contributed by atoms with E-state index in [4.69, 9.17) is 9.52 Å². The summed E-state index contributed by atoms with van der Waals surface area (Å²) in [5.41, 5.74) is -0.0248. The lowest BCUT2D eigenvalue weighted by atomic mass is 10.1. The van der Waals surface area contributed by atoms with E-state index in [-0.39, 0.29) is 23.3 Å². The molecular formula is C13H14N4O4. The predicted molar refractivity (Wildman–Crippen MR) is 69.9 cm³/mol. The predicted octanol–water partition coefficient (Wildman–Crippen LogP) is 1.05. The van der Waals surface area contributed by atoms with Crippen LogP contribution >= 0.6 is 0 Å². The number of carbonyl (C=O) groups excluding carboxylic acids is 1. The number of piperidine rings is 1. The summed E-state index contributed by atoms with van der Waals surface area (Å²) in [6, 6.07) is 1.34. The van der Waals surface area contributed by atoms with E-state index in [9.17, 15) is 9.59 Å². The summed E-state index contributed by atoms with van der Waals surface area (Å²) in [7, 11) is 0. The molecule has 0 radical (unpaired) electrons. The second kappa shape index (κ2) is 5.39. The number of nitrogens with zero attached hydrogens (tertiary/aromatic N) is 4. The first kappa shape index (κ1) is 13.3. The lowest BCUT2D eigenvalue weighted by molar-refractivity contribution is 0.0639. The first-order valence-electron chi connectivity index (χ1n) is 6.60. The smallest absolute Gasteiger partial charge is 0.338 e. The van der Waals surface area contributed by atoms with Gasteiger partial charge in [-0.3, -0.25) is 4.79 Å². The Morgan fingerprint density at radius 1 is 1.43 bits per heavy atom. The molecule has 8 heteroatoms. The molecule has 1 atom stereocenters. The van der Waals surface area contributed by atoms with E-state index in [0.717, 1.165) is 19.1 Å². The van der Waals surface area contributed by atoms with E-state index in [1.165, 1.54) is 12.4 Å². The zero-order chi connectivity index (χ0) is 14.8. The molecule has 3 heterocycles. The largest absolute Gasteiger partial charge is 0.478 e. The van der Waals surface area contributed by atoms with E-state index in [0.29, 0.717) is 13.1 Å². The minimum Gasteiger partial charge on any atom is -0.478 e. The molecule has 0 bridgehead atoms. The Hall–Kier alpha value is -2.64. The average molecular weight is 290 g/mol. The van der Waals surface area contributed by atoms with Gasteiger partial charge in [0, 0.05) is 19.2 Å². The van der Waals surface area contributed by atoms with E-state index < -0.39 is 5.97 Å². The van der Waals surface area contributed by atoms with Gasteiger partial charge < -0.3 is 14.4 Å². The first-order chi connectivity index (χ1) is 10.1. The summed E-state index contributed by atoms with van der Waals surface area (Å²) in [5.74, 6) is -1.36. The van der Waals surface area contributed by atoms with Crippen LogP contribution in [-0.2, 0) is 0 Å². The summed E-state index contributed by atoms with van der Waals surface area (Å²) in [6.45, 7) is 1.12. The molecule has 2 aromatic rings. The number of carboxylic acids is 1. The highest BCUT2D eigenvalue weighted by Gasteiger charge is 2.28. The normalized spacial score (nSPS) is 18.7. The van der Waals surface area contributed by atoms with Crippen LogP contribution in [0.4, 0.5) is 0 Å². The fourth-order valence-corrected chi connectivity index (χ4v) is 2.48. The van der Waals surface area contributed by atoms with Crippen LogP contribution in [0.25, 0.3) is 0 Å². The van der Waals surface area contributed by atoms with Gasteiger partial charge in [0.05, 0.1) is 11.6 Å². The lowest BCUT2D eigenvalue weighted by Gasteiger charge is -2.32. The molecule has 110 valence electrons. The number of furan rings is 1. The van der Waals surface area contributed by atoms with E-state index in [1.54, 1.807) is 15.9 Å². The summed E-state index contributed by atoms with van der Waals surface area (Å²) < 4.78 is 6.80. The molecule has 21 heavy (non-hydrogen) atoms. The highest BCUT2D eigenvalue weighted by Crippen LogP contribution is 2.22. The van der Waals surface area contributed by atoms with Crippen LogP contribution in [0.3, 0.4) is 0 Å². The number of carbonyl (C=O) groups is 2. The molecule has 0 aliphatic carbocycles. The third-order valence-electron chi connectivity index (χ3n) is 3.55. The van der Waals surface area contributed by atoms with Crippen LogP contribution in [0, 0.1) is 0 Å². The average Bonchev–Trinajstić information content (AvgIpc) is 3.18. The maximum Gasteiger partial charge on any atom is 0.338 e. The van der Waals surface area contributed by atoms with Crippen LogP contribution in [0.2, 0.25) is 0 Å². The quantitative estimate of drug-likeness (QED) is 0.906. The number of aromatic carboxylic acids is 1. The molecule has 1 aliphatic rings. The molecular weight excluding hydrogens is 276 g/mol. The second-order valence-electron chi connectivity index (χ2n) is 4.93. The Labute approximate surface area is 120 Å². The second-order valence-corrected chi connectivity index (χ2v) is 4.93. The number of carboxylic acid groups (broad SMARTS) is 1. The van der Waals surface area contributed by atoms with Gasteiger partial charge in [0.1, 0.15) is 18.9 Å². The fraction of sp³-hybridized carbons (Fsp3) is 0.385. The van der Waals surface area contributed by atoms with E-state index in [1.807, 2.05) is 0 Å². The maximum atomic E-state index is 12.3. The SMILES string of the molecule is O=C(O)c1coc(C(=O)N2CCCC(n3cncn3)C2)c1. The number of hydrogen-bond acceptors (Lipinski definition) is 5. The van der Waals surface area contributed by atoms with E-state index in [2.05, 4.69) is 10.1 Å². The number of hydrogen-bond donors (Lipinski definition) is 1. The van der Waals surface area contributed by atoms with Crippen LogP contribution in [0.1, 0.15) is 39.8 Å². The molecule has 8 nitrogen and oxygen atoms in total. The van der Waals surface area contributed by atoms with Gasteiger partial charge in [0.15, 0.2) is 5.76 Å². The Kier molecular flexibility index (Phi) is 3.43. The van der Waals surface area contributed by atoms with Crippen LogP contribution in [-0.4, -0.2) is 49.7 Å². The van der Waals surface area contributed by atoms with Crippen molar-refractivity contribution in [2.24, 2.45) is 0 Å². The van der Waals surface area contributed by atoms with Gasteiger partial charge in [0.2, 0.25) is 0 Å². The Morgan fingerprint density at radius 2 is 2.29 bits per heavy atom. The highest BCUT2D eigenvalue weighted by molar-refractivity contribution is 5.95. The van der Waals surface area contributed by atoms with Gasteiger partial charge in [-0.2, -0.15) is 5.10 Å². The molecule has 1 N–H and O–H groups in total. The van der Waals surface area contributed by atoms with Crippen molar-refractivity contribution < 1.29 is 19.1 Å². The standard InChI is InChI=1S/C13H14N4O4/c18-12(11-4-9(6-21-11)13(19)20)16-3-1-2-10(5-16)17-8-14-7-15-17/h4,6-8,10H,1-3,5H2,(H,19,20). The number of amides is 1. The molecule has 1 fully saturated rings. The number of rotatable bonds is 3. The van der Waals surface area contributed by atoms with Crippen molar-refractivity contribution in [3.63, 3.8) is 0 Å². The molecule has 1 unspecified atom stereocenters. The maximum absolute atomic E-state index is 12.3. The summed E-state index contributed by atoms with van der Waals surface area (Å²) >= 11 is 0. The van der Waals surface area contributed by atoms with E-state index >= 15 is 0 Å². The molecule has 1 amide bonds. The minimum atomic E-state index is -1.11. The third kappa shape index (κ3) is 2.64. The van der Waals surface area contributed by atoms with Gasteiger partial charge in [-0.1, -0.05) is 0 Å². The summed E-state index contributed by atoms with van der Waals surface area (Å²) in [6.07, 6.45) is 5.95. The highest BCUT2D eigenvalue weighted by atomic mass is 16.4. The van der Waals surface area contributed by atoms with Crippen LogP contribution in [0.15, 0.2) is 29.4 Å². The topological polar surface area (TPSA) is 101 Å². The number of aromatic nitrogens is 3. The Morgan fingerprint density at radius 3 is 2.95 bits per heavy atom. The third-order valence-corrected chi connectivity index (χ3v) is 3.55. The molecule has 0 aromatic carbocycles.